The molecule has 0 aliphatic heterocycles. The molecule has 30 heavy (non-hydrogen) atoms. The van der Waals surface area contributed by atoms with Crippen LogP contribution < -0.4 is 16.0 Å². The van der Waals surface area contributed by atoms with Crippen LogP contribution in [0.3, 0.4) is 0 Å². The molecular formula is C19H22N4O6S. The molecule has 0 aliphatic rings. The third-order valence-electron chi connectivity index (χ3n) is 4.84. The standard InChI is InChI=1S/C19H22N4O6S/c1-6-29-18(25)15-10(2)16(11(3)20-15)30(27,28)21-12-7-8-13-14(9-12)22(4)19(26)23(5)17(13)24/h7-9,20-21H,6H2,1-5H3. The summed E-state index contributed by atoms with van der Waals surface area (Å²) < 4.78 is 35.7. The van der Waals surface area contributed by atoms with Crippen molar-refractivity contribution in [2.45, 2.75) is 25.7 Å². The lowest BCUT2D eigenvalue weighted by molar-refractivity contribution is 0.0519. The normalized spacial score (nSPS) is 11.6. The van der Waals surface area contributed by atoms with Gasteiger partial charge in [0.15, 0.2) is 0 Å². The van der Waals surface area contributed by atoms with Gasteiger partial charge in [-0.1, -0.05) is 0 Å². The second-order valence-corrected chi connectivity index (χ2v) is 8.46. The summed E-state index contributed by atoms with van der Waals surface area (Å²) in [5.74, 6) is -0.642. The van der Waals surface area contributed by atoms with Crippen molar-refractivity contribution in [3.05, 3.63) is 56.0 Å². The topological polar surface area (TPSA) is 132 Å². The van der Waals surface area contributed by atoms with Crippen molar-refractivity contribution >= 4 is 32.6 Å². The zero-order chi connectivity index (χ0) is 22.4. The molecule has 0 amide bonds. The van der Waals surface area contributed by atoms with Gasteiger partial charge in [-0.25, -0.2) is 18.0 Å². The molecule has 2 N–H and O–H groups in total. The Balaban J connectivity index is 2.09. The summed E-state index contributed by atoms with van der Waals surface area (Å²) >= 11 is 0. The summed E-state index contributed by atoms with van der Waals surface area (Å²) in [6.45, 7) is 4.87. The summed E-state index contributed by atoms with van der Waals surface area (Å²) in [4.78, 5) is 39.2. The van der Waals surface area contributed by atoms with E-state index in [9.17, 15) is 22.8 Å². The van der Waals surface area contributed by atoms with Crippen LogP contribution in [0.2, 0.25) is 0 Å². The van der Waals surface area contributed by atoms with E-state index in [0.717, 1.165) is 4.57 Å². The lowest BCUT2D eigenvalue weighted by atomic mass is 10.2. The van der Waals surface area contributed by atoms with Gasteiger partial charge in [-0.2, -0.15) is 0 Å². The van der Waals surface area contributed by atoms with Gasteiger partial charge < -0.3 is 9.72 Å². The van der Waals surface area contributed by atoms with E-state index < -0.39 is 27.2 Å². The Hall–Kier alpha value is -3.34. The molecule has 10 nitrogen and oxygen atoms in total. The number of hydrogen-bond acceptors (Lipinski definition) is 6. The minimum absolute atomic E-state index is 0.0662. The number of nitrogens with one attached hydrogen (secondary N) is 2. The van der Waals surface area contributed by atoms with E-state index in [4.69, 9.17) is 4.74 Å². The zero-order valence-electron chi connectivity index (χ0n) is 17.2. The molecular weight excluding hydrogens is 412 g/mol. The first-order valence-corrected chi connectivity index (χ1v) is 10.6. The molecule has 0 aliphatic carbocycles. The fraction of sp³-hybridized carbons (Fsp3) is 0.316. The summed E-state index contributed by atoms with van der Waals surface area (Å²) in [5, 5.41) is 0.279. The van der Waals surface area contributed by atoms with Crippen LogP contribution >= 0.6 is 0 Å². The van der Waals surface area contributed by atoms with Crippen LogP contribution in [0.25, 0.3) is 10.9 Å². The highest BCUT2D eigenvalue weighted by Gasteiger charge is 2.27. The molecule has 0 bridgehead atoms. The number of anilines is 1. The van der Waals surface area contributed by atoms with Crippen molar-refractivity contribution in [1.29, 1.82) is 0 Å². The molecule has 0 atom stereocenters. The second kappa shape index (κ2) is 7.48. The highest BCUT2D eigenvalue weighted by atomic mass is 32.2. The summed E-state index contributed by atoms with van der Waals surface area (Å²) in [7, 11) is -1.20. The minimum atomic E-state index is -4.07. The lowest BCUT2D eigenvalue weighted by Crippen LogP contribution is -2.36. The smallest absolute Gasteiger partial charge is 0.355 e. The molecule has 0 fully saturated rings. The maximum atomic E-state index is 13.0. The first kappa shape index (κ1) is 21.4. The number of aromatic nitrogens is 3. The van der Waals surface area contributed by atoms with Crippen LogP contribution in [-0.4, -0.2) is 35.1 Å². The number of aryl methyl sites for hydroxylation is 2. The number of esters is 1. The molecule has 0 radical (unpaired) electrons. The van der Waals surface area contributed by atoms with Gasteiger partial charge in [-0.05, 0) is 39.0 Å². The van der Waals surface area contributed by atoms with Gasteiger partial charge in [0.1, 0.15) is 10.6 Å². The Morgan fingerprint density at radius 2 is 1.83 bits per heavy atom. The molecule has 0 saturated heterocycles. The maximum absolute atomic E-state index is 13.0. The number of benzene rings is 1. The van der Waals surface area contributed by atoms with E-state index in [2.05, 4.69) is 9.71 Å². The molecule has 2 heterocycles. The van der Waals surface area contributed by atoms with E-state index in [1.165, 1.54) is 50.7 Å². The summed E-state index contributed by atoms with van der Waals surface area (Å²) in [6.07, 6.45) is 0. The molecule has 160 valence electrons. The van der Waals surface area contributed by atoms with Crippen molar-refractivity contribution in [2.75, 3.05) is 11.3 Å². The zero-order valence-corrected chi connectivity index (χ0v) is 18.0. The van der Waals surface area contributed by atoms with Crippen LogP contribution in [0.1, 0.15) is 28.7 Å². The van der Waals surface area contributed by atoms with Crippen LogP contribution in [-0.2, 0) is 28.9 Å². The second-order valence-electron chi connectivity index (χ2n) is 6.84. The fourth-order valence-corrected chi connectivity index (χ4v) is 4.90. The number of fused-ring (bicyclic) bond motifs is 1. The van der Waals surface area contributed by atoms with E-state index in [0.29, 0.717) is 0 Å². The molecule has 3 rings (SSSR count). The van der Waals surface area contributed by atoms with Crippen molar-refractivity contribution in [3.8, 4) is 0 Å². The van der Waals surface area contributed by atoms with E-state index >= 15 is 0 Å². The highest BCUT2D eigenvalue weighted by molar-refractivity contribution is 7.92. The minimum Gasteiger partial charge on any atom is -0.461 e. The Morgan fingerprint density at radius 1 is 1.17 bits per heavy atom. The number of sulfonamides is 1. The van der Waals surface area contributed by atoms with Crippen LogP contribution in [0.15, 0.2) is 32.7 Å². The van der Waals surface area contributed by atoms with Crippen molar-refractivity contribution in [2.24, 2.45) is 14.1 Å². The number of rotatable bonds is 5. The van der Waals surface area contributed by atoms with Crippen molar-refractivity contribution in [3.63, 3.8) is 0 Å². The predicted octanol–water partition coefficient (Wildman–Crippen LogP) is 1.16. The molecule has 3 aromatic rings. The quantitative estimate of drug-likeness (QED) is 0.579. The fourth-order valence-electron chi connectivity index (χ4n) is 3.40. The Labute approximate surface area is 172 Å². The largest absolute Gasteiger partial charge is 0.461 e. The Bertz CT molecular complexity index is 1400. The van der Waals surface area contributed by atoms with Gasteiger partial charge in [0.2, 0.25) is 0 Å². The number of hydrogen-bond donors (Lipinski definition) is 2. The van der Waals surface area contributed by atoms with E-state index in [-0.39, 0.29) is 45.0 Å². The average molecular weight is 434 g/mol. The lowest BCUT2D eigenvalue weighted by Gasteiger charge is -2.12. The average Bonchev–Trinajstić information content (AvgIpc) is 2.99. The van der Waals surface area contributed by atoms with Gasteiger partial charge in [0.25, 0.3) is 15.6 Å². The maximum Gasteiger partial charge on any atom is 0.355 e. The molecule has 0 saturated carbocycles. The van der Waals surface area contributed by atoms with Crippen LogP contribution in [0.5, 0.6) is 0 Å². The number of carbonyl (C=O) groups is 1. The monoisotopic (exact) mass is 434 g/mol. The van der Waals surface area contributed by atoms with Gasteiger partial charge in [-0.3, -0.25) is 18.7 Å². The van der Waals surface area contributed by atoms with Crippen LogP contribution in [0.4, 0.5) is 5.69 Å². The van der Waals surface area contributed by atoms with Gasteiger partial charge in [0.05, 0.1) is 23.2 Å². The van der Waals surface area contributed by atoms with Gasteiger partial charge >= 0.3 is 11.7 Å². The number of nitrogens with zero attached hydrogens (tertiary/aromatic N) is 2. The third kappa shape index (κ3) is 3.41. The number of aromatic amines is 1. The summed E-state index contributed by atoms with van der Waals surface area (Å²) in [5.41, 5.74) is 0.0500. The third-order valence-corrected chi connectivity index (χ3v) is 6.49. The molecule has 1 aromatic carbocycles. The molecule has 2 aromatic heterocycles. The van der Waals surface area contributed by atoms with Crippen molar-refractivity contribution in [1.82, 2.24) is 14.1 Å². The Kier molecular flexibility index (Phi) is 5.33. The Morgan fingerprint density at radius 3 is 2.47 bits per heavy atom. The van der Waals surface area contributed by atoms with Crippen molar-refractivity contribution < 1.29 is 17.9 Å². The van der Waals surface area contributed by atoms with Crippen LogP contribution in [0, 0.1) is 13.8 Å². The first-order valence-electron chi connectivity index (χ1n) is 9.08. The van der Waals surface area contributed by atoms with Gasteiger partial charge in [-0.15, -0.1) is 0 Å². The predicted molar refractivity (Wildman–Crippen MR) is 111 cm³/mol. The SMILES string of the molecule is CCOC(=O)c1[nH]c(C)c(S(=O)(=O)Nc2ccc3c(=O)n(C)c(=O)n(C)c3c2)c1C. The molecule has 11 heteroatoms. The number of carbonyl (C=O) groups excluding carboxylic acids is 1. The number of ether oxygens (including phenoxy) is 1. The number of H-pyrrole nitrogens is 1. The molecule has 0 unspecified atom stereocenters. The summed E-state index contributed by atoms with van der Waals surface area (Å²) in [6, 6.07) is 4.31. The highest BCUT2D eigenvalue weighted by Crippen LogP contribution is 2.26. The van der Waals surface area contributed by atoms with Gasteiger partial charge in [0, 0.05) is 25.4 Å². The van der Waals surface area contributed by atoms with E-state index in [1.807, 2.05) is 0 Å². The first-order chi connectivity index (χ1) is 14.0. The van der Waals surface area contributed by atoms with E-state index in [1.54, 1.807) is 6.92 Å². The molecule has 0 spiro atoms.